The first-order valence-electron chi connectivity index (χ1n) is 11.5. The van der Waals surface area contributed by atoms with Crippen molar-refractivity contribution in [2.75, 3.05) is 13.1 Å². The highest BCUT2D eigenvalue weighted by Crippen LogP contribution is 2.30. The molecule has 0 N–H and O–H groups in total. The molecular weight excluding hydrogens is 394 g/mol. The largest absolute Gasteiger partial charge is 0.343 e. The zero-order valence-corrected chi connectivity index (χ0v) is 18.8. The second-order valence-electron chi connectivity index (χ2n) is 8.83. The molecule has 4 aromatic rings. The number of rotatable bonds is 5. The van der Waals surface area contributed by atoms with E-state index in [1.54, 1.807) is 0 Å². The lowest BCUT2D eigenvalue weighted by atomic mass is 10.00. The highest BCUT2D eigenvalue weighted by molar-refractivity contribution is 5.77. The van der Waals surface area contributed by atoms with E-state index in [1.807, 2.05) is 23.1 Å². The van der Waals surface area contributed by atoms with Crippen LogP contribution in [0, 0.1) is 13.8 Å². The summed E-state index contributed by atoms with van der Waals surface area (Å²) in [5.41, 5.74) is 8.99. The van der Waals surface area contributed by atoms with Crippen LogP contribution in [0.5, 0.6) is 0 Å². The molecule has 4 heteroatoms. The molecule has 1 aliphatic heterocycles. The summed E-state index contributed by atoms with van der Waals surface area (Å²) in [7, 11) is 0. The Bertz CT molecular complexity index is 1270. The monoisotopic (exact) mass is 423 g/mol. The summed E-state index contributed by atoms with van der Waals surface area (Å²) in [6.45, 7) is 6.07. The summed E-state index contributed by atoms with van der Waals surface area (Å²) in [6.07, 6.45) is 5.62. The first kappa shape index (κ1) is 20.5. The van der Waals surface area contributed by atoms with Crippen LogP contribution in [0.25, 0.3) is 28.0 Å². The van der Waals surface area contributed by atoms with Crippen molar-refractivity contribution in [1.82, 2.24) is 14.3 Å². The molecule has 4 nitrogen and oxygen atoms in total. The molecule has 0 spiro atoms. The van der Waals surface area contributed by atoms with Crippen LogP contribution in [0.15, 0.2) is 66.9 Å². The third-order valence-electron chi connectivity index (χ3n) is 6.50. The lowest BCUT2D eigenvalue weighted by molar-refractivity contribution is -0.130. The van der Waals surface area contributed by atoms with Crippen LogP contribution in [0.2, 0.25) is 0 Å². The fourth-order valence-electron chi connectivity index (χ4n) is 4.72. The molecule has 1 amide bonds. The highest BCUT2D eigenvalue weighted by Gasteiger charge is 2.20. The molecule has 1 aliphatic rings. The van der Waals surface area contributed by atoms with Gasteiger partial charge in [0.05, 0.1) is 11.4 Å². The average molecular weight is 424 g/mol. The number of hydrogen-bond acceptors (Lipinski definition) is 2. The van der Waals surface area contributed by atoms with Crippen LogP contribution >= 0.6 is 0 Å². The van der Waals surface area contributed by atoms with E-state index in [0.29, 0.717) is 12.8 Å². The van der Waals surface area contributed by atoms with Gasteiger partial charge in [-0.2, -0.15) is 0 Å². The predicted octanol–water partition coefficient (Wildman–Crippen LogP) is 5.84. The summed E-state index contributed by atoms with van der Waals surface area (Å²) in [6, 6.07) is 21.1. The van der Waals surface area contributed by atoms with Gasteiger partial charge in [-0.05, 0) is 61.9 Å². The summed E-state index contributed by atoms with van der Waals surface area (Å²) in [4.78, 5) is 19.8. The number of likely N-dealkylation sites (tertiary alicyclic amines) is 1. The number of amides is 1. The van der Waals surface area contributed by atoms with E-state index in [1.165, 1.54) is 22.3 Å². The fraction of sp³-hybridized carbons (Fsp3) is 0.286. The SMILES string of the molecule is Cc1ccc(C)c(-c2ccc3nc(-c4ccccc4)c(CCC(=O)N4CCCC4)n3c2)c1. The maximum Gasteiger partial charge on any atom is 0.222 e. The molecule has 1 saturated heterocycles. The minimum atomic E-state index is 0.252. The van der Waals surface area contributed by atoms with E-state index in [2.05, 4.69) is 66.9 Å². The number of imidazole rings is 1. The van der Waals surface area contributed by atoms with Crippen LogP contribution < -0.4 is 0 Å². The van der Waals surface area contributed by atoms with Crippen molar-refractivity contribution >= 4 is 11.6 Å². The van der Waals surface area contributed by atoms with Crippen molar-refractivity contribution < 1.29 is 4.79 Å². The Balaban J connectivity index is 1.58. The van der Waals surface area contributed by atoms with Gasteiger partial charge in [0.1, 0.15) is 5.65 Å². The normalized spacial score (nSPS) is 13.8. The van der Waals surface area contributed by atoms with Crippen LogP contribution in [-0.4, -0.2) is 33.3 Å². The minimum Gasteiger partial charge on any atom is -0.343 e. The molecule has 0 saturated carbocycles. The molecule has 0 unspecified atom stereocenters. The van der Waals surface area contributed by atoms with Gasteiger partial charge in [0.15, 0.2) is 0 Å². The quantitative estimate of drug-likeness (QED) is 0.404. The van der Waals surface area contributed by atoms with Crippen LogP contribution in [0.1, 0.15) is 36.1 Å². The number of aromatic nitrogens is 2. The third-order valence-corrected chi connectivity index (χ3v) is 6.50. The summed E-state index contributed by atoms with van der Waals surface area (Å²) in [5, 5.41) is 0. The Morgan fingerprint density at radius 2 is 1.72 bits per heavy atom. The molecule has 0 radical (unpaired) electrons. The number of fused-ring (bicyclic) bond motifs is 1. The highest BCUT2D eigenvalue weighted by atomic mass is 16.2. The second kappa shape index (κ2) is 8.62. The summed E-state index contributed by atoms with van der Waals surface area (Å²) in [5.74, 6) is 0.252. The van der Waals surface area contributed by atoms with Crippen molar-refractivity contribution in [2.45, 2.75) is 39.5 Å². The number of carbonyl (C=O) groups is 1. The molecule has 3 heterocycles. The molecule has 1 fully saturated rings. The lowest BCUT2D eigenvalue weighted by Gasteiger charge is -2.15. The topological polar surface area (TPSA) is 37.6 Å². The molecule has 0 bridgehead atoms. The standard InChI is InChI=1S/C28H29N3O/c1-20-10-11-21(2)24(18-20)23-12-14-26-29-28(22-8-4-3-5-9-22)25(31(26)19-23)13-15-27(32)30-16-6-7-17-30/h3-5,8-12,14,18-19H,6-7,13,15-17H2,1-2H3. The van der Waals surface area contributed by atoms with Gasteiger partial charge in [0.2, 0.25) is 5.91 Å². The maximum absolute atomic E-state index is 12.8. The number of carbonyl (C=O) groups excluding carboxylic acids is 1. The van der Waals surface area contributed by atoms with E-state index < -0.39 is 0 Å². The fourth-order valence-corrected chi connectivity index (χ4v) is 4.72. The Kier molecular flexibility index (Phi) is 5.52. The van der Waals surface area contributed by atoms with Crippen molar-refractivity contribution in [2.24, 2.45) is 0 Å². The van der Waals surface area contributed by atoms with E-state index in [0.717, 1.165) is 48.5 Å². The van der Waals surface area contributed by atoms with Gasteiger partial charge >= 0.3 is 0 Å². The zero-order chi connectivity index (χ0) is 22.1. The number of nitrogens with zero attached hydrogens (tertiary/aromatic N) is 3. The van der Waals surface area contributed by atoms with Gasteiger partial charge in [-0.1, -0.05) is 54.1 Å². The number of aryl methyl sites for hydroxylation is 3. The lowest BCUT2D eigenvalue weighted by Crippen LogP contribution is -2.27. The molecule has 2 aromatic heterocycles. The first-order valence-corrected chi connectivity index (χ1v) is 11.5. The van der Waals surface area contributed by atoms with Crippen molar-refractivity contribution in [3.05, 3.63) is 83.7 Å². The first-order chi connectivity index (χ1) is 15.6. The molecule has 32 heavy (non-hydrogen) atoms. The van der Waals surface area contributed by atoms with E-state index in [9.17, 15) is 4.79 Å². The van der Waals surface area contributed by atoms with Crippen molar-refractivity contribution in [3.8, 4) is 22.4 Å². The number of pyridine rings is 1. The Morgan fingerprint density at radius 1 is 0.938 bits per heavy atom. The molecular formula is C28H29N3O. The number of benzene rings is 2. The zero-order valence-electron chi connectivity index (χ0n) is 18.8. The molecule has 162 valence electrons. The van der Waals surface area contributed by atoms with E-state index in [4.69, 9.17) is 4.98 Å². The molecule has 0 atom stereocenters. The van der Waals surface area contributed by atoms with E-state index >= 15 is 0 Å². The van der Waals surface area contributed by atoms with Crippen LogP contribution in [-0.2, 0) is 11.2 Å². The summed E-state index contributed by atoms with van der Waals surface area (Å²) >= 11 is 0. The molecule has 2 aromatic carbocycles. The van der Waals surface area contributed by atoms with Crippen molar-refractivity contribution in [1.29, 1.82) is 0 Å². The van der Waals surface area contributed by atoms with Crippen LogP contribution in [0.3, 0.4) is 0 Å². The van der Waals surface area contributed by atoms with Crippen molar-refractivity contribution in [3.63, 3.8) is 0 Å². The van der Waals surface area contributed by atoms with Gasteiger partial charge in [-0.3, -0.25) is 4.79 Å². The summed E-state index contributed by atoms with van der Waals surface area (Å²) < 4.78 is 2.19. The average Bonchev–Trinajstić information content (AvgIpc) is 3.48. The molecule has 5 rings (SSSR count). The Morgan fingerprint density at radius 3 is 2.50 bits per heavy atom. The third kappa shape index (κ3) is 3.93. The van der Waals surface area contributed by atoms with Gasteiger partial charge in [0, 0.05) is 31.3 Å². The van der Waals surface area contributed by atoms with E-state index in [-0.39, 0.29) is 5.91 Å². The minimum absolute atomic E-state index is 0.252. The maximum atomic E-state index is 12.8. The predicted molar refractivity (Wildman–Crippen MR) is 130 cm³/mol. The number of hydrogen-bond donors (Lipinski definition) is 0. The van der Waals surface area contributed by atoms with Gasteiger partial charge in [-0.15, -0.1) is 0 Å². The van der Waals surface area contributed by atoms with Gasteiger partial charge in [-0.25, -0.2) is 4.98 Å². The molecule has 0 aliphatic carbocycles. The second-order valence-corrected chi connectivity index (χ2v) is 8.83. The smallest absolute Gasteiger partial charge is 0.222 e. The Hall–Kier alpha value is -3.40. The van der Waals surface area contributed by atoms with Gasteiger partial charge < -0.3 is 9.30 Å². The Labute approximate surface area is 189 Å². The van der Waals surface area contributed by atoms with Gasteiger partial charge in [0.25, 0.3) is 0 Å². The van der Waals surface area contributed by atoms with Crippen LogP contribution in [0.4, 0.5) is 0 Å².